The average Bonchev–Trinajstić information content (AvgIpc) is 3.37. The molecule has 0 bridgehead atoms. The number of nitrogens with zero attached hydrogens (tertiary/aromatic N) is 4. The number of rotatable bonds is 5. The summed E-state index contributed by atoms with van der Waals surface area (Å²) in [6.45, 7) is 1.88. The molecule has 26 heavy (non-hydrogen) atoms. The Morgan fingerprint density at radius 3 is 3.08 bits per heavy atom. The summed E-state index contributed by atoms with van der Waals surface area (Å²) in [5.41, 5.74) is 4.40. The van der Waals surface area contributed by atoms with E-state index in [9.17, 15) is 4.79 Å². The molecule has 0 saturated carbocycles. The van der Waals surface area contributed by atoms with Crippen molar-refractivity contribution in [1.82, 2.24) is 30.1 Å². The van der Waals surface area contributed by atoms with Gasteiger partial charge in [-0.1, -0.05) is 23.5 Å². The lowest BCUT2D eigenvalue weighted by Crippen LogP contribution is -2.27. The van der Waals surface area contributed by atoms with E-state index in [1.54, 1.807) is 23.2 Å². The SMILES string of the molecule is COc1cccc(-c2cc(C(=O)N[C@H](C)c3cn4ncsc4n3)[nH]n2)c1. The number of aromatic amines is 1. The van der Waals surface area contributed by atoms with Gasteiger partial charge in [0.25, 0.3) is 5.91 Å². The topological polar surface area (TPSA) is 97.2 Å². The predicted molar refractivity (Wildman–Crippen MR) is 97.3 cm³/mol. The molecular formula is C17H16N6O2S. The predicted octanol–water partition coefficient (Wildman–Crippen LogP) is 2.68. The third-order valence-corrected chi connectivity index (χ3v) is 4.67. The number of ether oxygens (including phenoxy) is 1. The molecule has 3 heterocycles. The van der Waals surface area contributed by atoms with Crippen LogP contribution in [0.15, 0.2) is 42.0 Å². The smallest absolute Gasteiger partial charge is 0.269 e. The molecule has 1 amide bonds. The maximum absolute atomic E-state index is 12.5. The third kappa shape index (κ3) is 3.04. The van der Waals surface area contributed by atoms with E-state index in [1.807, 2.05) is 37.4 Å². The van der Waals surface area contributed by atoms with Crippen molar-refractivity contribution in [2.75, 3.05) is 7.11 Å². The van der Waals surface area contributed by atoms with Crippen LogP contribution in [0.2, 0.25) is 0 Å². The Morgan fingerprint density at radius 2 is 2.27 bits per heavy atom. The fraction of sp³-hybridized carbons (Fsp3) is 0.176. The molecule has 0 aliphatic rings. The van der Waals surface area contributed by atoms with Crippen LogP contribution in [-0.4, -0.2) is 37.8 Å². The van der Waals surface area contributed by atoms with Crippen LogP contribution in [0, 0.1) is 0 Å². The first kappa shape index (κ1) is 16.3. The first-order valence-electron chi connectivity index (χ1n) is 7.93. The van der Waals surface area contributed by atoms with Gasteiger partial charge < -0.3 is 10.1 Å². The van der Waals surface area contributed by atoms with Crippen molar-refractivity contribution in [2.24, 2.45) is 0 Å². The summed E-state index contributed by atoms with van der Waals surface area (Å²) < 4.78 is 6.91. The average molecular weight is 368 g/mol. The Morgan fingerprint density at radius 1 is 1.38 bits per heavy atom. The minimum absolute atomic E-state index is 0.247. The van der Waals surface area contributed by atoms with E-state index in [0.717, 1.165) is 22.0 Å². The van der Waals surface area contributed by atoms with Crippen LogP contribution in [0.4, 0.5) is 0 Å². The number of amides is 1. The third-order valence-electron chi connectivity index (χ3n) is 3.98. The molecule has 4 aromatic rings. The molecule has 4 rings (SSSR count). The molecule has 0 aliphatic heterocycles. The van der Waals surface area contributed by atoms with Crippen LogP contribution in [-0.2, 0) is 0 Å². The summed E-state index contributed by atoms with van der Waals surface area (Å²) in [4.78, 5) is 17.7. The molecule has 9 heteroatoms. The van der Waals surface area contributed by atoms with Crippen LogP contribution in [0.5, 0.6) is 5.75 Å². The van der Waals surface area contributed by atoms with Gasteiger partial charge in [-0.3, -0.25) is 9.89 Å². The highest BCUT2D eigenvalue weighted by atomic mass is 32.1. The molecule has 1 aromatic carbocycles. The van der Waals surface area contributed by atoms with Gasteiger partial charge >= 0.3 is 0 Å². The standard InChI is InChI=1S/C17H16N6O2S/c1-10(15-8-23-17(20-15)26-9-18-23)19-16(24)14-7-13(21-22-14)11-4-3-5-12(6-11)25-2/h3-10H,1-2H3,(H,19,24)(H,21,22)/t10-/m1/s1. The van der Waals surface area contributed by atoms with E-state index in [2.05, 4.69) is 25.6 Å². The second-order valence-corrected chi connectivity index (χ2v) is 6.54. The summed E-state index contributed by atoms with van der Waals surface area (Å²) in [5.74, 6) is 0.488. The van der Waals surface area contributed by atoms with Gasteiger partial charge in [0.2, 0.25) is 4.96 Å². The molecule has 0 radical (unpaired) electrons. The quantitative estimate of drug-likeness (QED) is 0.564. The Hall–Kier alpha value is -3.20. The summed E-state index contributed by atoms with van der Waals surface area (Å²) in [7, 11) is 1.61. The number of hydrogen-bond donors (Lipinski definition) is 2. The highest BCUT2D eigenvalue weighted by Gasteiger charge is 2.17. The Labute approximate surface area is 152 Å². The van der Waals surface area contributed by atoms with Crippen molar-refractivity contribution < 1.29 is 9.53 Å². The maximum atomic E-state index is 12.5. The summed E-state index contributed by atoms with van der Waals surface area (Å²) in [6.07, 6.45) is 1.81. The highest BCUT2D eigenvalue weighted by molar-refractivity contribution is 7.14. The van der Waals surface area contributed by atoms with Gasteiger partial charge in [-0.25, -0.2) is 9.50 Å². The number of H-pyrrole nitrogens is 1. The molecule has 132 valence electrons. The Bertz CT molecular complexity index is 1040. The second-order valence-electron chi connectivity index (χ2n) is 5.73. The van der Waals surface area contributed by atoms with E-state index in [0.29, 0.717) is 11.4 Å². The van der Waals surface area contributed by atoms with Crippen LogP contribution < -0.4 is 10.1 Å². The number of methoxy groups -OCH3 is 1. The van der Waals surface area contributed by atoms with Gasteiger partial charge in [0.15, 0.2) is 0 Å². The molecular weight excluding hydrogens is 352 g/mol. The van der Waals surface area contributed by atoms with Crippen molar-refractivity contribution >= 4 is 22.2 Å². The van der Waals surface area contributed by atoms with E-state index in [1.165, 1.54) is 11.3 Å². The number of imidazole rings is 1. The minimum Gasteiger partial charge on any atom is -0.497 e. The number of fused-ring (bicyclic) bond motifs is 1. The van der Waals surface area contributed by atoms with E-state index in [4.69, 9.17) is 4.74 Å². The molecule has 0 aliphatic carbocycles. The first-order valence-corrected chi connectivity index (χ1v) is 8.81. The second kappa shape index (κ2) is 6.60. The van der Waals surface area contributed by atoms with Gasteiger partial charge in [-0.2, -0.15) is 10.2 Å². The van der Waals surface area contributed by atoms with Crippen molar-refractivity contribution in [3.8, 4) is 17.0 Å². The van der Waals surface area contributed by atoms with Crippen LogP contribution >= 0.6 is 11.3 Å². The highest BCUT2D eigenvalue weighted by Crippen LogP contribution is 2.23. The van der Waals surface area contributed by atoms with Crippen molar-refractivity contribution in [3.05, 3.63) is 53.4 Å². The Kier molecular flexibility index (Phi) is 4.13. The number of benzene rings is 1. The molecule has 0 saturated heterocycles. The van der Waals surface area contributed by atoms with E-state index >= 15 is 0 Å². The first-order chi connectivity index (χ1) is 12.6. The normalized spacial score (nSPS) is 12.2. The summed E-state index contributed by atoms with van der Waals surface area (Å²) >= 11 is 1.45. The molecule has 0 fully saturated rings. The van der Waals surface area contributed by atoms with Crippen molar-refractivity contribution in [3.63, 3.8) is 0 Å². The van der Waals surface area contributed by atoms with Gasteiger partial charge in [0.05, 0.1) is 30.7 Å². The maximum Gasteiger partial charge on any atom is 0.269 e. The van der Waals surface area contributed by atoms with E-state index in [-0.39, 0.29) is 11.9 Å². The van der Waals surface area contributed by atoms with Crippen molar-refractivity contribution in [1.29, 1.82) is 0 Å². The fourth-order valence-electron chi connectivity index (χ4n) is 2.58. The van der Waals surface area contributed by atoms with E-state index < -0.39 is 0 Å². The fourth-order valence-corrected chi connectivity index (χ4v) is 3.19. The van der Waals surface area contributed by atoms with Gasteiger partial charge in [0, 0.05) is 5.56 Å². The molecule has 0 spiro atoms. The van der Waals surface area contributed by atoms with Crippen LogP contribution in [0.3, 0.4) is 0 Å². The lowest BCUT2D eigenvalue weighted by molar-refractivity contribution is 0.0934. The van der Waals surface area contributed by atoms with Crippen LogP contribution in [0.1, 0.15) is 29.1 Å². The van der Waals surface area contributed by atoms with Gasteiger partial charge in [-0.05, 0) is 25.1 Å². The number of nitrogens with one attached hydrogen (secondary N) is 2. The lowest BCUT2D eigenvalue weighted by atomic mass is 10.1. The van der Waals surface area contributed by atoms with Crippen molar-refractivity contribution in [2.45, 2.75) is 13.0 Å². The number of aromatic nitrogens is 5. The van der Waals surface area contributed by atoms with Gasteiger partial charge in [0.1, 0.15) is 17.0 Å². The van der Waals surface area contributed by atoms with Gasteiger partial charge in [-0.15, -0.1) is 0 Å². The Balaban J connectivity index is 1.49. The molecule has 1 atom stereocenters. The zero-order valence-corrected chi connectivity index (χ0v) is 14.9. The molecule has 2 N–H and O–H groups in total. The molecule has 3 aromatic heterocycles. The molecule has 0 unspecified atom stereocenters. The largest absolute Gasteiger partial charge is 0.497 e. The summed E-state index contributed by atoms with van der Waals surface area (Å²) in [6, 6.07) is 8.97. The monoisotopic (exact) mass is 368 g/mol. The minimum atomic E-state index is -0.250. The number of hydrogen-bond acceptors (Lipinski definition) is 6. The lowest BCUT2D eigenvalue weighted by Gasteiger charge is -2.09. The van der Waals surface area contributed by atoms with Crippen LogP contribution in [0.25, 0.3) is 16.2 Å². The summed E-state index contributed by atoms with van der Waals surface area (Å²) in [5, 5.41) is 14.1. The number of carbonyl (C=O) groups is 1. The zero-order valence-electron chi connectivity index (χ0n) is 14.1. The number of carbonyl (C=O) groups excluding carboxylic acids is 1. The molecule has 8 nitrogen and oxygen atoms in total. The zero-order chi connectivity index (χ0) is 18.1.